The monoisotopic (exact) mass is 285 g/mol. The normalized spacial score (nSPS) is 10.1. The summed E-state index contributed by atoms with van der Waals surface area (Å²) in [7, 11) is 0. The highest BCUT2D eigenvalue weighted by Gasteiger charge is 2.08. The first-order valence-corrected chi connectivity index (χ1v) is 6.41. The zero-order valence-corrected chi connectivity index (χ0v) is 10.9. The maximum Gasteiger partial charge on any atom is 0.251 e. The number of hydrogen-bond acceptors (Lipinski definition) is 2. The molecule has 0 saturated heterocycles. The fourth-order valence-electron chi connectivity index (χ4n) is 1.33. The Hall–Kier alpha value is -0.870. The van der Waals surface area contributed by atoms with Crippen LogP contribution in [-0.4, -0.2) is 25.7 Å². The van der Waals surface area contributed by atoms with Gasteiger partial charge < -0.3 is 10.1 Å². The Morgan fingerprint density at radius 2 is 2.19 bits per heavy atom. The lowest BCUT2D eigenvalue weighted by molar-refractivity contribution is 0.0922. The molecule has 1 rings (SSSR count). The molecule has 1 N–H and O–H groups in total. The van der Waals surface area contributed by atoms with Crippen molar-refractivity contribution < 1.29 is 9.53 Å². The largest absolute Gasteiger partial charge is 0.380 e. The molecule has 0 atom stereocenters. The summed E-state index contributed by atoms with van der Waals surface area (Å²) in [5, 5.41) is 3.51. The summed E-state index contributed by atoms with van der Waals surface area (Å²) in [6.45, 7) is 3.71. The molecule has 0 radical (unpaired) electrons. The van der Waals surface area contributed by atoms with Crippen molar-refractivity contribution in [3.05, 3.63) is 35.4 Å². The fraction of sp³-hybridized carbons (Fsp3) is 0.417. The van der Waals surface area contributed by atoms with Crippen molar-refractivity contribution in [3.8, 4) is 0 Å². The number of amides is 1. The van der Waals surface area contributed by atoms with Crippen LogP contribution < -0.4 is 5.32 Å². The molecule has 0 aliphatic carbocycles. The molecule has 0 fully saturated rings. The lowest BCUT2D eigenvalue weighted by Crippen LogP contribution is -2.28. The van der Waals surface area contributed by atoms with Gasteiger partial charge in [-0.3, -0.25) is 4.79 Å². The number of alkyl halides is 1. The van der Waals surface area contributed by atoms with Crippen molar-refractivity contribution in [1.82, 2.24) is 5.32 Å². The second-order valence-electron chi connectivity index (χ2n) is 3.24. The van der Waals surface area contributed by atoms with Gasteiger partial charge in [-0.1, -0.05) is 34.1 Å². The van der Waals surface area contributed by atoms with Gasteiger partial charge in [0.2, 0.25) is 0 Å². The van der Waals surface area contributed by atoms with Crippen LogP contribution in [0.2, 0.25) is 0 Å². The summed E-state index contributed by atoms with van der Waals surface area (Å²) in [5.41, 5.74) is 1.72. The first kappa shape index (κ1) is 13.2. The molecule has 0 saturated carbocycles. The predicted octanol–water partition coefficient (Wildman–Crippen LogP) is 2.35. The molecule has 0 aliphatic rings. The average molecular weight is 286 g/mol. The van der Waals surface area contributed by atoms with Gasteiger partial charge in [-0.2, -0.15) is 0 Å². The minimum atomic E-state index is -0.0465. The summed E-state index contributed by atoms with van der Waals surface area (Å²) < 4.78 is 5.15. The van der Waals surface area contributed by atoms with Crippen molar-refractivity contribution in [3.63, 3.8) is 0 Å². The number of halogens is 1. The van der Waals surface area contributed by atoms with E-state index in [0.717, 1.165) is 11.1 Å². The number of rotatable bonds is 6. The molecule has 1 aromatic carbocycles. The van der Waals surface area contributed by atoms with E-state index in [1.807, 2.05) is 31.2 Å². The van der Waals surface area contributed by atoms with Crippen molar-refractivity contribution in [2.45, 2.75) is 12.3 Å². The summed E-state index contributed by atoms with van der Waals surface area (Å²) in [6.07, 6.45) is 0. The van der Waals surface area contributed by atoms with E-state index in [4.69, 9.17) is 4.74 Å². The maximum atomic E-state index is 11.8. The van der Waals surface area contributed by atoms with Crippen LogP contribution in [-0.2, 0) is 10.1 Å². The van der Waals surface area contributed by atoms with E-state index >= 15 is 0 Å². The number of carbonyl (C=O) groups excluding carboxylic acids is 1. The van der Waals surface area contributed by atoms with Crippen LogP contribution in [0.1, 0.15) is 22.8 Å². The fourth-order valence-corrected chi connectivity index (χ4v) is 1.82. The Kier molecular flexibility index (Phi) is 6.11. The van der Waals surface area contributed by atoms with Crippen molar-refractivity contribution in [2.24, 2.45) is 0 Å². The average Bonchev–Trinajstić information content (AvgIpc) is 2.34. The molecular weight excluding hydrogens is 270 g/mol. The molecular formula is C12H16BrNO2. The van der Waals surface area contributed by atoms with Gasteiger partial charge >= 0.3 is 0 Å². The molecule has 0 spiro atoms. The minimum absolute atomic E-state index is 0.0465. The van der Waals surface area contributed by atoms with Crippen LogP contribution in [0.3, 0.4) is 0 Å². The van der Waals surface area contributed by atoms with Gasteiger partial charge in [0.05, 0.1) is 6.61 Å². The highest BCUT2D eigenvalue weighted by atomic mass is 79.9. The van der Waals surface area contributed by atoms with E-state index in [1.165, 1.54) is 0 Å². The molecule has 1 aromatic rings. The summed E-state index contributed by atoms with van der Waals surface area (Å²) in [6, 6.07) is 7.55. The van der Waals surface area contributed by atoms with Gasteiger partial charge in [-0.05, 0) is 18.6 Å². The highest BCUT2D eigenvalue weighted by molar-refractivity contribution is 9.08. The van der Waals surface area contributed by atoms with Crippen LogP contribution in [0, 0.1) is 0 Å². The molecule has 88 valence electrons. The Morgan fingerprint density at radius 1 is 1.44 bits per heavy atom. The number of hydrogen-bond donors (Lipinski definition) is 1. The maximum absolute atomic E-state index is 11.8. The van der Waals surface area contributed by atoms with E-state index < -0.39 is 0 Å². The van der Waals surface area contributed by atoms with E-state index in [-0.39, 0.29) is 5.91 Å². The van der Waals surface area contributed by atoms with E-state index in [9.17, 15) is 4.79 Å². The van der Waals surface area contributed by atoms with Gasteiger partial charge in [-0.15, -0.1) is 0 Å². The van der Waals surface area contributed by atoms with Crippen LogP contribution >= 0.6 is 15.9 Å². The van der Waals surface area contributed by atoms with Gasteiger partial charge in [-0.25, -0.2) is 0 Å². The summed E-state index contributed by atoms with van der Waals surface area (Å²) in [5.74, 6) is -0.0465. The van der Waals surface area contributed by atoms with Gasteiger partial charge in [0.15, 0.2) is 0 Å². The first-order valence-electron chi connectivity index (χ1n) is 5.29. The third-order valence-electron chi connectivity index (χ3n) is 2.14. The standard InChI is InChI=1S/C12H16BrNO2/c1-2-16-8-7-14-12(15)11-6-4-3-5-10(11)9-13/h3-6H,2,7-9H2,1H3,(H,14,15). The van der Waals surface area contributed by atoms with Crippen LogP contribution in [0.4, 0.5) is 0 Å². The van der Waals surface area contributed by atoms with Crippen LogP contribution in [0.25, 0.3) is 0 Å². The molecule has 0 heterocycles. The van der Waals surface area contributed by atoms with E-state index in [2.05, 4.69) is 21.2 Å². The number of carbonyl (C=O) groups is 1. The number of benzene rings is 1. The number of nitrogens with one attached hydrogen (secondary N) is 1. The quantitative estimate of drug-likeness (QED) is 0.644. The van der Waals surface area contributed by atoms with Gasteiger partial charge in [0.25, 0.3) is 5.91 Å². The van der Waals surface area contributed by atoms with Crippen molar-refractivity contribution >= 4 is 21.8 Å². The zero-order chi connectivity index (χ0) is 11.8. The topological polar surface area (TPSA) is 38.3 Å². The molecule has 0 unspecified atom stereocenters. The van der Waals surface area contributed by atoms with E-state index in [1.54, 1.807) is 0 Å². The first-order chi connectivity index (χ1) is 7.79. The van der Waals surface area contributed by atoms with Crippen LogP contribution in [0.5, 0.6) is 0 Å². The van der Waals surface area contributed by atoms with Crippen molar-refractivity contribution in [1.29, 1.82) is 0 Å². The lowest BCUT2D eigenvalue weighted by atomic mass is 10.1. The Bertz CT molecular complexity index is 342. The zero-order valence-electron chi connectivity index (χ0n) is 9.33. The van der Waals surface area contributed by atoms with Gasteiger partial charge in [0.1, 0.15) is 0 Å². The molecule has 4 heteroatoms. The summed E-state index contributed by atoms with van der Waals surface area (Å²) in [4.78, 5) is 11.8. The molecule has 0 aliphatic heterocycles. The SMILES string of the molecule is CCOCCNC(=O)c1ccccc1CBr. The number of ether oxygens (including phenoxy) is 1. The highest BCUT2D eigenvalue weighted by Crippen LogP contribution is 2.11. The lowest BCUT2D eigenvalue weighted by Gasteiger charge is -2.08. The van der Waals surface area contributed by atoms with Crippen LogP contribution in [0.15, 0.2) is 24.3 Å². The Morgan fingerprint density at radius 3 is 2.88 bits per heavy atom. The van der Waals surface area contributed by atoms with Gasteiger partial charge in [0, 0.05) is 24.0 Å². The van der Waals surface area contributed by atoms with Crippen molar-refractivity contribution in [2.75, 3.05) is 19.8 Å². The summed E-state index contributed by atoms with van der Waals surface area (Å²) >= 11 is 3.36. The molecule has 3 nitrogen and oxygen atoms in total. The third kappa shape index (κ3) is 3.94. The minimum Gasteiger partial charge on any atom is -0.380 e. The molecule has 0 bridgehead atoms. The Balaban J connectivity index is 2.52. The second kappa shape index (κ2) is 7.41. The van der Waals surface area contributed by atoms with E-state index in [0.29, 0.717) is 25.1 Å². The molecule has 16 heavy (non-hydrogen) atoms. The predicted molar refractivity (Wildman–Crippen MR) is 67.9 cm³/mol. The third-order valence-corrected chi connectivity index (χ3v) is 2.75. The Labute approximate surface area is 104 Å². The molecule has 0 aromatic heterocycles. The second-order valence-corrected chi connectivity index (χ2v) is 3.80. The molecule has 1 amide bonds. The smallest absolute Gasteiger partial charge is 0.251 e.